The Kier molecular flexibility index (Phi) is 4.08. The van der Waals surface area contributed by atoms with E-state index in [0.29, 0.717) is 24.2 Å². The van der Waals surface area contributed by atoms with Crippen LogP contribution in [0.5, 0.6) is 0 Å². The summed E-state index contributed by atoms with van der Waals surface area (Å²) in [5.41, 5.74) is 2.09. The molecule has 1 amide bonds. The van der Waals surface area contributed by atoms with Crippen LogP contribution >= 0.6 is 0 Å². The van der Waals surface area contributed by atoms with E-state index in [4.69, 9.17) is 4.42 Å². The van der Waals surface area contributed by atoms with Gasteiger partial charge < -0.3 is 14.6 Å². The number of carbonyl (C=O) groups excluding carboxylic acids is 1. The summed E-state index contributed by atoms with van der Waals surface area (Å²) in [6.45, 7) is 4.67. The molecule has 1 aromatic carbocycles. The molecule has 0 bridgehead atoms. The fourth-order valence-electron chi connectivity index (χ4n) is 5.73. The molecule has 1 aromatic heterocycles. The summed E-state index contributed by atoms with van der Waals surface area (Å²) in [5.74, 6) is 2.26. The molecule has 3 unspecified atom stereocenters. The maximum Gasteiger partial charge on any atom is 0.223 e. The Morgan fingerprint density at radius 2 is 2.11 bits per heavy atom. The number of amides is 1. The number of fused-ring (bicyclic) bond motifs is 1. The van der Waals surface area contributed by atoms with Crippen molar-refractivity contribution >= 4 is 5.91 Å². The number of nitrogens with zero attached hydrogens (tertiary/aromatic N) is 2. The quantitative estimate of drug-likeness (QED) is 0.903. The van der Waals surface area contributed by atoms with Gasteiger partial charge in [0, 0.05) is 18.9 Å². The van der Waals surface area contributed by atoms with Crippen LogP contribution < -0.4 is 5.32 Å². The number of nitrogens with two attached hydrogens (primary N) is 1. The molecule has 5 heteroatoms. The van der Waals surface area contributed by atoms with Crippen molar-refractivity contribution < 1.29 is 14.5 Å². The summed E-state index contributed by atoms with van der Waals surface area (Å²) < 4.78 is 5.82. The van der Waals surface area contributed by atoms with Crippen molar-refractivity contribution in [2.45, 2.75) is 50.6 Å². The number of rotatable bonds is 4. The smallest absolute Gasteiger partial charge is 0.223 e. The van der Waals surface area contributed by atoms with Gasteiger partial charge in [0.05, 0.1) is 30.2 Å². The fraction of sp³-hybridized carbons (Fsp3) is 0.545. The number of aryl methyl sites for hydroxylation is 1. The van der Waals surface area contributed by atoms with Gasteiger partial charge in [-0.3, -0.25) is 4.79 Å². The third-order valence-corrected chi connectivity index (χ3v) is 7.17. The Balaban J connectivity index is 1.53. The SMILES string of the molecule is Cc1coc(C2C[NH2+]CC3(C4CCC4)C2CC(=O)N3Cc2ccccc2)n1. The lowest BCUT2D eigenvalue weighted by atomic mass is 9.60. The number of benzene rings is 1. The molecule has 0 radical (unpaired) electrons. The Bertz CT molecular complexity index is 829. The monoisotopic (exact) mass is 366 g/mol. The van der Waals surface area contributed by atoms with Gasteiger partial charge in [-0.25, -0.2) is 4.98 Å². The Hall–Kier alpha value is -2.14. The normalized spacial score (nSPS) is 31.0. The molecule has 2 aromatic rings. The van der Waals surface area contributed by atoms with E-state index in [0.717, 1.165) is 31.2 Å². The van der Waals surface area contributed by atoms with E-state index < -0.39 is 0 Å². The second kappa shape index (κ2) is 6.48. The molecular formula is C22H28N3O2+. The zero-order chi connectivity index (χ0) is 18.4. The highest BCUT2D eigenvalue weighted by Gasteiger charge is 2.64. The molecule has 142 valence electrons. The molecule has 1 aliphatic carbocycles. The predicted molar refractivity (Wildman–Crippen MR) is 101 cm³/mol. The van der Waals surface area contributed by atoms with E-state index in [1.807, 2.05) is 13.0 Å². The number of piperidine rings is 1. The summed E-state index contributed by atoms with van der Waals surface area (Å²) in [4.78, 5) is 20.1. The number of likely N-dealkylation sites (tertiary alicyclic amines) is 1. The molecule has 3 aliphatic rings. The first-order valence-electron chi connectivity index (χ1n) is 10.3. The standard InChI is InChI=1S/C22H27N3O2/c1-15-13-27-21(24-15)18-11-23-14-22(17-8-5-9-17)19(18)10-20(26)25(22)12-16-6-3-2-4-7-16/h2-4,6-7,13,17-19,23H,5,8-12,14H2,1H3/p+1. The molecule has 0 spiro atoms. The van der Waals surface area contributed by atoms with Crippen LogP contribution in [0, 0.1) is 18.8 Å². The molecule has 2 N–H and O–H groups in total. The van der Waals surface area contributed by atoms with E-state index in [1.165, 1.54) is 24.8 Å². The zero-order valence-corrected chi connectivity index (χ0v) is 15.9. The lowest BCUT2D eigenvalue weighted by molar-refractivity contribution is -0.681. The fourth-order valence-corrected chi connectivity index (χ4v) is 5.73. The molecule has 2 aliphatic heterocycles. The van der Waals surface area contributed by atoms with Crippen LogP contribution in [0.25, 0.3) is 0 Å². The summed E-state index contributed by atoms with van der Waals surface area (Å²) in [5, 5.41) is 2.40. The Morgan fingerprint density at radius 3 is 2.78 bits per heavy atom. The van der Waals surface area contributed by atoms with Crippen LogP contribution in [0.15, 0.2) is 41.0 Å². The first-order valence-corrected chi connectivity index (χ1v) is 10.3. The summed E-state index contributed by atoms with van der Waals surface area (Å²) >= 11 is 0. The minimum absolute atomic E-state index is 0.0591. The molecule has 3 heterocycles. The lowest BCUT2D eigenvalue weighted by Crippen LogP contribution is -2.95. The predicted octanol–water partition coefficient (Wildman–Crippen LogP) is 2.23. The Labute approximate surface area is 160 Å². The maximum atomic E-state index is 13.2. The van der Waals surface area contributed by atoms with Gasteiger partial charge in [-0.15, -0.1) is 0 Å². The number of quaternary nitrogens is 1. The number of oxazole rings is 1. The number of hydrogen-bond donors (Lipinski definition) is 1. The average molecular weight is 366 g/mol. The van der Waals surface area contributed by atoms with Crippen molar-refractivity contribution in [2.24, 2.45) is 11.8 Å². The number of carbonyl (C=O) groups is 1. The van der Waals surface area contributed by atoms with Crippen molar-refractivity contribution in [3.8, 4) is 0 Å². The van der Waals surface area contributed by atoms with E-state index in [1.54, 1.807) is 6.26 Å². The van der Waals surface area contributed by atoms with Crippen molar-refractivity contribution in [1.29, 1.82) is 0 Å². The van der Waals surface area contributed by atoms with E-state index in [-0.39, 0.29) is 11.5 Å². The van der Waals surface area contributed by atoms with Gasteiger partial charge in [-0.1, -0.05) is 36.8 Å². The van der Waals surface area contributed by atoms with Gasteiger partial charge in [-0.2, -0.15) is 0 Å². The zero-order valence-electron chi connectivity index (χ0n) is 15.9. The van der Waals surface area contributed by atoms with E-state index >= 15 is 0 Å². The second-order valence-corrected chi connectivity index (χ2v) is 8.56. The van der Waals surface area contributed by atoms with Crippen molar-refractivity contribution in [1.82, 2.24) is 9.88 Å². The lowest BCUT2D eigenvalue weighted by Gasteiger charge is -2.53. The molecular weight excluding hydrogens is 338 g/mol. The molecule has 3 atom stereocenters. The van der Waals surface area contributed by atoms with Crippen molar-refractivity contribution in [2.75, 3.05) is 13.1 Å². The van der Waals surface area contributed by atoms with Crippen molar-refractivity contribution in [3.63, 3.8) is 0 Å². The van der Waals surface area contributed by atoms with Crippen LogP contribution in [-0.2, 0) is 11.3 Å². The largest absolute Gasteiger partial charge is 0.448 e. The number of aromatic nitrogens is 1. The van der Waals surface area contributed by atoms with E-state index in [9.17, 15) is 4.79 Å². The van der Waals surface area contributed by atoms with E-state index in [2.05, 4.69) is 39.5 Å². The highest BCUT2D eigenvalue weighted by molar-refractivity contribution is 5.81. The van der Waals surface area contributed by atoms with Gasteiger partial charge >= 0.3 is 0 Å². The molecule has 1 saturated carbocycles. The average Bonchev–Trinajstić information content (AvgIpc) is 3.17. The first-order chi connectivity index (χ1) is 13.2. The van der Waals surface area contributed by atoms with Crippen LogP contribution in [0.2, 0.25) is 0 Å². The minimum Gasteiger partial charge on any atom is -0.448 e. The third-order valence-electron chi connectivity index (χ3n) is 7.17. The summed E-state index contributed by atoms with van der Waals surface area (Å²) in [6, 6.07) is 10.4. The highest BCUT2D eigenvalue weighted by atomic mass is 16.3. The Morgan fingerprint density at radius 1 is 1.30 bits per heavy atom. The number of hydrogen-bond acceptors (Lipinski definition) is 3. The maximum absolute atomic E-state index is 13.2. The van der Waals surface area contributed by atoms with Gasteiger partial charge in [-0.05, 0) is 31.2 Å². The molecule has 27 heavy (non-hydrogen) atoms. The van der Waals surface area contributed by atoms with Crippen LogP contribution in [0.4, 0.5) is 0 Å². The van der Waals surface area contributed by atoms with Gasteiger partial charge in [0.15, 0.2) is 0 Å². The second-order valence-electron chi connectivity index (χ2n) is 8.56. The van der Waals surface area contributed by atoms with Gasteiger partial charge in [0.1, 0.15) is 6.26 Å². The molecule has 3 fully saturated rings. The highest BCUT2D eigenvalue weighted by Crippen LogP contribution is 2.54. The topological polar surface area (TPSA) is 63.0 Å². The first kappa shape index (κ1) is 17.0. The van der Waals surface area contributed by atoms with Gasteiger partial charge in [0.2, 0.25) is 11.8 Å². The van der Waals surface area contributed by atoms with Crippen molar-refractivity contribution in [3.05, 3.63) is 53.7 Å². The van der Waals surface area contributed by atoms with Crippen LogP contribution in [-0.4, -0.2) is 34.4 Å². The molecule has 5 rings (SSSR count). The minimum atomic E-state index is -0.0591. The third kappa shape index (κ3) is 2.63. The summed E-state index contributed by atoms with van der Waals surface area (Å²) in [6.07, 6.45) is 6.13. The molecule has 2 saturated heterocycles. The van der Waals surface area contributed by atoms with Crippen LogP contribution in [0.1, 0.15) is 48.7 Å². The van der Waals surface area contributed by atoms with Crippen LogP contribution in [0.3, 0.4) is 0 Å². The summed E-state index contributed by atoms with van der Waals surface area (Å²) in [7, 11) is 0. The molecule has 5 nitrogen and oxygen atoms in total. The van der Waals surface area contributed by atoms with Gasteiger partial charge in [0.25, 0.3) is 0 Å².